The molecule has 8 heteroatoms. The maximum absolute atomic E-state index is 11.9. The van der Waals surface area contributed by atoms with Crippen LogP contribution in [0.5, 0.6) is 0 Å². The van der Waals surface area contributed by atoms with Crippen molar-refractivity contribution in [1.82, 2.24) is 15.6 Å². The first kappa shape index (κ1) is 15.8. The summed E-state index contributed by atoms with van der Waals surface area (Å²) >= 11 is 12.8. The highest BCUT2D eigenvalue weighted by atomic mass is 35.5. The summed E-state index contributed by atoms with van der Waals surface area (Å²) in [7, 11) is 0. The quantitative estimate of drug-likeness (QED) is 0.819. The molecule has 0 aliphatic rings. The second-order valence-corrected chi connectivity index (χ2v) is 5.58. The molecule has 2 amide bonds. The van der Waals surface area contributed by atoms with E-state index in [0.29, 0.717) is 15.5 Å². The van der Waals surface area contributed by atoms with E-state index in [9.17, 15) is 9.59 Å². The summed E-state index contributed by atoms with van der Waals surface area (Å²) in [6, 6.07) is 6.75. The molecule has 1 aromatic heterocycles. The summed E-state index contributed by atoms with van der Waals surface area (Å²) in [6.07, 6.45) is 0. The van der Waals surface area contributed by atoms with Gasteiger partial charge in [-0.25, -0.2) is 4.98 Å². The third-order valence-electron chi connectivity index (χ3n) is 2.54. The van der Waals surface area contributed by atoms with Crippen LogP contribution in [0, 0.1) is 0 Å². The molecule has 0 spiro atoms. The van der Waals surface area contributed by atoms with Gasteiger partial charge in [0.25, 0.3) is 11.8 Å². The van der Waals surface area contributed by atoms with Gasteiger partial charge in [-0.3, -0.25) is 9.59 Å². The first-order chi connectivity index (χ1) is 10.1. The number of rotatable bonds is 5. The minimum absolute atomic E-state index is 0.178. The van der Waals surface area contributed by atoms with Crippen LogP contribution in [0.3, 0.4) is 0 Å². The zero-order chi connectivity index (χ0) is 15.2. The lowest BCUT2D eigenvalue weighted by Crippen LogP contribution is -2.34. The van der Waals surface area contributed by atoms with E-state index in [-0.39, 0.29) is 30.1 Å². The number of benzene rings is 1. The Labute approximate surface area is 135 Å². The van der Waals surface area contributed by atoms with Crippen molar-refractivity contribution in [1.29, 1.82) is 0 Å². The fourth-order valence-electron chi connectivity index (χ4n) is 1.55. The monoisotopic (exact) mass is 343 g/mol. The van der Waals surface area contributed by atoms with E-state index in [2.05, 4.69) is 15.6 Å². The molecule has 5 nitrogen and oxygen atoms in total. The Balaban J connectivity index is 1.78. The van der Waals surface area contributed by atoms with Gasteiger partial charge >= 0.3 is 0 Å². The van der Waals surface area contributed by atoms with Crippen molar-refractivity contribution >= 4 is 46.4 Å². The summed E-state index contributed by atoms with van der Waals surface area (Å²) in [5.74, 6) is -0.597. The number of carbonyl (C=O) groups excluding carboxylic acids is 2. The van der Waals surface area contributed by atoms with Gasteiger partial charge in [0.05, 0.1) is 16.1 Å². The first-order valence-electron chi connectivity index (χ1n) is 5.99. The topological polar surface area (TPSA) is 71.1 Å². The van der Waals surface area contributed by atoms with Crippen molar-refractivity contribution in [3.63, 3.8) is 0 Å². The molecule has 1 aromatic carbocycles. The molecule has 21 heavy (non-hydrogen) atoms. The van der Waals surface area contributed by atoms with Crippen LogP contribution in [0.1, 0.15) is 20.0 Å². The lowest BCUT2D eigenvalue weighted by atomic mass is 10.2. The smallest absolute Gasteiger partial charge is 0.264 e. The van der Waals surface area contributed by atoms with Gasteiger partial charge in [0.15, 0.2) is 5.15 Å². The van der Waals surface area contributed by atoms with E-state index in [0.717, 1.165) is 11.3 Å². The molecule has 0 aliphatic heterocycles. The molecule has 0 radical (unpaired) electrons. The van der Waals surface area contributed by atoms with E-state index < -0.39 is 0 Å². The number of hydrogen-bond acceptors (Lipinski definition) is 4. The SMILES string of the molecule is O=C(NCCNC(=O)c1scnc1Cl)c1ccccc1Cl. The van der Waals surface area contributed by atoms with Crippen LogP contribution in [0.2, 0.25) is 10.2 Å². The van der Waals surface area contributed by atoms with Crippen LogP contribution in [0.15, 0.2) is 29.8 Å². The van der Waals surface area contributed by atoms with Gasteiger partial charge < -0.3 is 10.6 Å². The van der Waals surface area contributed by atoms with Crippen LogP contribution in [0.25, 0.3) is 0 Å². The molecular weight excluding hydrogens is 333 g/mol. The Kier molecular flexibility index (Phi) is 5.55. The van der Waals surface area contributed by atoms with Crippen LogP contribution >= 0.6 is 34.5 Å². The minimum Gasteiger partial charge on any atom is -0.350 e. The van der Waals surface area contributed by atoms with E-state index >= 15 is 0 Å². The third-order valence-corrected chi connectivity index (χ3v) is 4.10. The number of nitrogens with one attached hydrogen (secondary N) is 2. The summed E-state index contributed by atoms with van der Waals surface area (Å²) in [5.41, 5.74) is 1.90. The molecule has 110 valence electrons. The fraction of sp³-hybridized carbons (Fsp3) is 0.154. The largest absolute Gasteiger partial charge is 0.350 e. The fourth-order valence-corrected chi connectivity index (χ4v) is 2.69. The standard InChI is InChI=1S/C13H11Cl2N3O2S/c14-9-4-2-1-3-8(9)12(19)16-5-6-17-13(20)10-11(15)18-7-21-10/h1-4,7H,5-6H2,(H,16,19)(H,17,20). The maximum atomic E-state index is 11.9. The molecule has 2 N–H and O–H groups in total. The van der Waals surface area contributed by atoms with Crippen LogP contribution in [-0.4, -0.2) is 29.9 Å². The molecule has 0 atom stereocenters. The summed E-state index contributed by atoms with van der Waals surface area (Å²) in [6.45, 7) is 0.565. The van der Waals surface area contributed by atoms with Crippen LogP contribution in [0.4, 0.5) is 0 Å². The van der Waals surface area contributed by atoms with Crippen LogP contribution < -0.4 is 10.6 Å². The van der Waals surface area contributed by atoms with E-state index in [4.69, 9.17) is 23.2 Å². The zero-order valence-corrected chi connectivity index (χ0v) is 13.1. The number of carbonyl (C=O) groups is 2. The molecule has 2 aromatic rings. The van der Waals surface area contributed by atoms with Crippen molar-refractivity contribution in [3.05, 3.63) is 50.4 Å². The predicted molar refractivity (Wildman–Crippen MR) is 83.2 cm³/mol. The highest BCUT2D eigenvalue weighted by Gasteiger charge is 2.13. The van der Waals surface area contributed by atoms with Gasteiger partial charge in [0, 0.05) is 13.1 Å². The van der Waals surface area contributed by atoms with E-state index in [1.165, 1.54) is 5.51 Å². The Morgan fingerprint density at radius 1 is 1.10 bits per heavy atom. The van der Waals surface area contributed by atoms with Crippen molar-refractivity contribution in [2.45, 2.75) is 0 Å². The number of halogens is 2. The van der Waals surface area contributed by atoms with E-state index in [1.807, 2.05) is 0 Å². The second kappa shape index (κ2) is 7.40. The molecule has 0 bridgehead atoms. The van der Waals surface area contributed by atoms with Gasteiger partial charge in [-0.15, -0.1) is 11.3 Å². The maximum Gasteiger partial charge on any atom is 0.264 e. The predicted octanol–water partition coefficient (Wildman–Crippen LogP) is 2.61. The van der Waals surface area contributed by atoms with Crippen molar-refractivity contribution in [2.24, 2.45) is 0 Å². The zero-order valence-electron chi connectivity index (χ0n) is 10.7. The molecular formula is C13H11Cl2N3O2S. The number of aromatic nitrogens is 1. The highest BCUT2D eigenvalue weighted by molar-refractivity contribution is 7.12. The highest BCUT2D eigenvalue weighted by Crippen LogP contribution is 2.17. The molecule has 0 fully saturated rings. The average Bonchev–Trinajstić information content (AvgIpc) is 2.90. The number of amides is 2. The molecule has 2 rings (SSSR count). The number of nitrogens with zero attached hydrogens (tertiary/aromatic N) is 1. The van der Waals surface area contributed by atoms with E-state index in [1.54, 1.807) is 24.3 Å². The third kappa shape index (κ3) is 4.17. The van der Waals surface area contributed by atoms with Crippen molar-refractivity contribution < 1.29 is 9.59 Å². The number of thiazole rings is 1. The lowest BCUT2D eigenvalue weighted by molar-refractivity contribution is 0.0929. The van der Waals surface area contributed by atoms with Gasteiger partial charge in [-0.1, -0.05) is 35.3 Å². The summed E-state index contributed by atoms with van der Waals surface area (Å²) in [4.78, 5) is 27.7. The molecule has 0 aliphatic carbocycles. The normalized spacial score (nSPS) is 10.2. The van der Waals surface area contributed by atoms with Gasteiger partial charge in [0.1, 0.15) is 4.88 Å². The number of hydrogen-bond donors (Lipinski definition) is 2. The summed E-state index contributed by atoms with van der Waals surface area (Å²) in [5, 5.41) is 5.88. The van der Waals surface area contributed by atoms with Crippen molar-refractivity contribution in [3.8, 4) is 0 Å². The molecule has 0 unspecified atom stereocenters. The average molecular weight is 344 g/mol. The van der Waals surface area contributed by atoms with Crippen LogP contribution in [-0.2, 0) is 0 Å². The van der Waals surface area contributed by atoms with Crippen molar-refractivity contribution in [2.75, 3.05) is 13.1 Å². The Morgan fingerprint density at radius 2 is 1.76 bits per heavy atom. The second-order valence-electron chi connectivity index (χ2n) is 3.96. The first-order valence-corrected chi connectivity index (χ1v) is 7.63. The molecule has 0 saturated heterocycles. The summed E-state index contributed by atoms with van der Waals surface area (Å²) < 4.78 is 0. The Morgan fingerprint density at radius 3 is 2.38 bits per heavy atom. The molecule has 0 saturated carbocycles. The van der Waals surface area contributed by atoms with Gasteiger partial charge in [-0.2, -0.15) is 0 Å². The Hall–Kier alpha value is -1.63. The van der Waals surface area contributed by atoms with Gasteiger partial charge in [0.2, 0.25) is 0 Å². The minimum atomic E-state index is -0.311. The van der Waals surface area contributed by atoms with Gasteiger partial charge in [-0.05, 0) is 12.1 Å². The molecule has 1 heterocycles. The lowest BCUT2D eigenvalue weighted by Gasteiger charge is -2.07. The Bertz CT molecular complexity index is 660.